The Bertz CT molecular complexity index is 347. The van der Waals surface area contributed by atoms with Gasteiger partial charge in [0.25, 0.3) is 0 Å². The van der Waals surface area contributed by atoms with E-state index >= 15 is 0 Å². The molecule has 0 saturated heterocycles. The molecule has 96 valence electrons. The number of hydrogen-bond donors (Lipinski definition) is 1. The molecule has 1 aliphatic rings. The van der Waals surface area contributed by atoms with Crippen molar-refractivity contribution in [2.24, 2.45) is 0 Å². The number of likely N-dealkylation sites (N-methyl/N-ethyl adjacent to an activating group) is 1. The Labute approximate surface area is 103 Å². The standard InChI is InChI=1S/C12H23N5/c1-3-16(2)9-7-13-10-12-15-14-11-6-4-5-8-17(11)12/h13H,3-10H2,1-2H3. The zero-order valence-electron chi connectivity index (χ0n) is 10.9. The molecule has 2 rings (SSSR count). The number of fused-ring (bicyclic) bond motifs is 1. The Hall–Kier alpha value is -0.940. The van der Waals surface area contributed by atoms with Gasteiger partial charge in [-0.25, -0.2) is 0 Å². The summed E-state index contributed by atoms with van der Waals surface area (Å²) in [5, 5.41) is 12.0. The maximum atomic E-state index is 4.27. The summed E-state index contributed by atoms with van der Waals surface area (Å²) in [7, 11) is 2.14. The van der Waals surface area contributed by atoms with Crippen molar-refractivity contribution in [3.05, 3.63) is 11.6 Å². The van der Waals surface area contributed by atoms with Crippen molar-refractivity contribution in [2.45, 2.75) is 39.3 Å². The van der Waals surface area contributed by atoms with E-state index < -0.39 is 0 Å². The fourth-order valence-electron chi connectivity index (χ4n) is 2.13. The van der Waals surface area contributed by atoms with E-state index in [4.69, 9.17) is 0 Å². The van der Waals surface area contributed by atoms with Gasteiger partial charge in [0, 0.05) is 26.1 Å². The van der Waals surface area contributed by atoms with Crippen molar-refractivity contribution in [2.75, 3.05) is 26.7 Å². The van der Waals surface area contributed by atoms with E-state index in [0.717, 1.165) is 45.0 Å². The van der Waals surface area contributed by atoms with Gasteiger partial charge in [-0.15, -0.1) is 10.2 Å². The first kappa shape index (κ1) is 12.5. The average molecular weight is 237 g/mol. The van der Waals surface area contributed by atoms with Gasteiger partial charge in [-0.3, -0.25) is 0 Å². The molecular formula is C12H23N5. The van der Waals surface area contributed by atoms with Crippen LogP contribution in [0, 0.1) is 0 Å². The summed E-state index contributed by atoms with van der Waals surface area (Å²) in [5.41, 5.74) is 0. The average Bonchev–Trinajstić information content (AvgIpc) is 2.78. The summed E-state index contributed by atoms with van der Waals surface area (Å²) in [6, 6.07) is 0. The molecule has 1 aliphatic heterocycles. The molecule has 0 spiro atoms. The number of nitrogens with one attached hydrogen (secondary N) is 1. The van der Waals surface area contributed by atoms with Crippen LogP contribution in [0.4, 0.5) is 0 Å². The molecule has 1 aromatic rings. The lowest BCUT2D eigenvalue weighted by Crippen LogP contribution is -2.29. The minimum absolute atomic E-state index is 0.838. The number of aryl methyl sites for hydroxylation is 1. The SMILES string of the molecule is CCN(C)CCNCc1nnc2n1CCCC2. The Kier molecular flexibility index (Phi) is 4.50. The van der Waals surface area contributed by atoms with Gasteiger partial charge >= 0.3 is 0 Å². The molecule has 0 saturated carbocycles. The summed E-state index contributed by atoms with van der Waals surface area (Å²) < 4.78 is 2.28. The van der Waals surface area contributed by atoms with Crippen molar-refractivity contribution in [1.82, 2.24) is 25.0 Å². The normalized spacial score (nSPS) is 15.2. The molecule has 2 heterocycles. The van der Waals surface area contributed by atoms with Crippen molar-refractivity contribution in [3.8, 4) is 0 Å². The number of hydrogen-bond acceptors (Lipinski definition) is 4. The van der Waals surface area contributed by atoms with Gasteiger partial charge in [0.2, 0.25) is 0 Å². The van der Waals surface area contributed by atoms with E-state index in [1.165, 1.54) is 18.7 Å². The van der Waals surface area contributed by atoms with E-state index in [1.807, 2.05) is 0 Å². The minimum atomic E-state index is 0.838. The van der Waals surface area contributed by atoms with Crippen LogP contribution in [0.2, 0.25) is 0 Å². The third-order valence-electron chi connectivity index (χ3n) is 3.43. The first-order chi connectivity index (χ1) is 8.31. The molecule has 17 heavy (non-hydrogen) atoms. The molecule has 0 fully saturated rings. The molecule has 0 radical (unpaired) electrons. The van der Waals surface area contributed by atoms with E-state index in [0.29, 0.717) is 0 Å². The molecule has 1 N–H and O–H groups in total. The maximum absolute atomic E-state index is 4.27. The second-order valence-corrected chi connectivity index (χ2v) is 4.71. The Morgan fingerprint density at radius 1 is 1.35 bits per heavy atom. The summed E-state index contributed by atoms with van der Waals surface area (Å²) in [6.07, 6.45) is 3.61. The number of aromatic nitrogens is 3. The highest BCUT2D eigenvalue weighted by molar-refractivity contribution is 4.98. The van der Waals surface area contributed by atoms with E-state index in [-0.39, 0.29) is 0 Å². The van der Waals surface area contributed by atoms with Crippen LogP contribution in [0.25, 0.3) is 0 Å². The lowest BCUT2D eigenvalue weighted by atomic mass is 10.2. The lowest BCUT2D eigenvalue weighted by molar-refractivity contribution is 0.347. The molecule has 5 nitrogen and oxygen atoms in total. The molecule has 0 amide bonds. The molecule has 0 atom stereocenters. The van der Waals surface area contributed by atoms with Crippen LogP contribution in [-0.4, -0.2) is 46.3 Å². The fraction of sp³-hybridized carbons (Fsp3) is 0.833. The third-order valence-corrected chi connectivity index (χ3v) is 3.43. The predicted octanol–water partition coefficient (Wildman–Crippen LogP) is 0.656. The van der Waals surface area contributed by atoms with Crippen LogP contribution >= 0.6 is 0 Å². The van der Waals surface area contributed by atoms with Gasteiger partial charge in [0.1, 0.15) is 11.6 Å². The van der Waals surface area contributed by atoms with Crippen LogP contribution in [-0.2, 0) is 19.5 Å². The Balaban J connectivity index is 1.77. The maximum Gasteiger partial charge on any atom is 0.147 e. The van der Waals surface area contributed by atoms with Crippen molar-refractivity contribution in [3.63, 3.8) is 0 Å². The zero-order valence-corrected chi connectivity index (χ0v) is 10.9. The molecule has 1 aromatic heterocycles. The molecule has 0 aromatic carbocycles. The highest BCUT2D eigenvalue weighted by Gasteiger charge is 2.14. The monoisotopic (exact) mass is 237 g/mol. The van der Waals surface area contributed by atoms with E-state index in [9.17, 15) is 0 Å². The fourth-order valence-corrected chi connectivity index (χ4v) is 2.13. The predicted molar refractivity (Wildman–Crippen MR) is 67.8 cm³/mol. The Morgan fingerprint density at radius 2 is 2.24 bits per heavy atom. The first-order valence-electron chi connectivity index (χ1n) is 6.61. The second-order valence-electron chi connectivity index (χ2n) is 4.71. The van der Waals surface area contributed by atoms with Gasteiger partial charge in [0.15, 0.2) is 0 Å². The largest absolute Gasteiger partial charge is 0.314 e. The highest BCUT2D eigenvalue weighted by atomic mass is 15.3. The van der Waals surface area contributed by atoms with Crippen LogP contribution < -0.4 is 5.32 Å². The van der Waals surface area contributed by atoms with Gasteiger partial charge in [-0.2, -0.15) is 0 Å². The van der Waals surface area contributed by atoms with Crippen molar-refractivity contribution < 1.29 is 0 Å². The molecule has 0 aliphatic carbocycles. The van der Waals surface area contributed by atoms with E-state index in [2.05, 4.69) is 39.0 Å². The van der Waals surface area contributed by atoms with Crippen molar-refractivity contribution >= 4 is 0 Å². The van der Waals surface area contributed by atoms with Gasteiger partial charge < -0.3 is 14.8 Å². The number of nitrogens with zero attached hydrogens (tertiary/aromatic N) is 4. The summed E-state index contributed by atoms with van der Waals surface area (Å²) in [5.74, 6) is 2.26. The number of rotatable bonds is 6. The van der Waals surface area contributed by atoms with Crippen molar-refractivity contribution in [1.29, 1.82) is 0 Å². The third kappa shape index (κ3) is 3.26. The van der Waals surface area contributed by atoms with Crippen LogP contribution in [0.3, 0.4) is 0 Å². The Morgan fingerprint density at radius 3 is 3.06 bits per heavy atom. The summed E-state index contributed by atoms with van der Waals surface area (Å²) in [6.45, 7) is 7.29. The quantitative estimate of drug-likeness (QED) is 0.738. The van der Waals surface area contributed by atoms with Gasteiger partial charge in [0.05, 0.1) is 6.54 Å². The summed E-state index contributed by atoms with van der Waals surface area (Å²) >= 11 is 0. The van der Waals surface area contributed by atoms with Gasteiger partial charge in [-0.1, -0.05) is 6.92 Å². The minimum Gasteiger partial charge on any atom is -0.314 e. The van der Waals surface area contributed by atoms with Crippen LogP contribution in [0.5, 0.6) is 0 Å². The molecular weight excluding hydrogens is 214 g/mol. The molecule has 5 heteroatoms. The van der Waals surface area contributed by atoms with Crippen LogP contribution in [0.1, 0.15) is 31.4 Å². The summed E-state index contributed by atoms with van der Waals surface area (Å²) in [4.78, 5) is 2.30. The highest BCUT2D eigenvalue weighted by Crippen LogP contribution is 2.13. The smallest absolute Gasteiger partial charge is 0.147 e. The van der Waals surface area contributed by atoms with Gasteiger partial charge in [-0.05, 0) is 26.4 Å². The second kappa shape index (κ2) is 6.12. The molecule has 0 bridgehead atoms. The molecule has 0 unspecified atom stereocenters. The van der Waals surface area contributed by atoms with Crippen LogP contribution in [0.15, 0.2) is 0 Å². The zero-order chi connectivity index (χ0) is 12.1. The topological polar surface area (TPSA) is 46.0 Å². The lowest BCUT2D eigenvalue weighted by Gasteiger charge is -2.16. The first-order valence-corrected chi connectivity index (χ1v) is 6.61. The van der Waals surface area contributed by atoms with E-state index in [1.54, 1.807) is 0 Å².